The first-order valence-electron chi connectivity index (χ1n) is 6.40. The molecule has 0 bridgehead atoms. The summed E-state index contributed by atoms with van der Waals surface area (Å²) in [4.78, 5) is 36.2. The number of carbonyl (C=O) groups excluding carboxylic acids is 3. The lowest BCUT2D eigenvalue weighted by atomic mass is 10.2. The third-order valence-corrected chi connectivity index (χ3v) is 3.67. The molecule has 0 radical (unpaired) electrons. The highest BCUT2D eigenvalue weighted by molar-refractivity contribution is 7.09. The van der Waals surface area contributed by atoms with Crippen LogP contribution in [0.1, 0.15) is 15.2 Å². The van der Waals surface area contributed by atoms with Crippen LogP contribution in [-0.2, 0) is 20.9 Å². The Bertz CT molecular complexity index is 683. The highest BCUT2D eigenvalue weighted by Gasteiger charge is 2.17. The van der Waals surface area contributed by atoms with Crippen molar-refractivity contribution in [1.29, 1.82) is 0 Å². The van der Waals surface area contributed by atoms with E-state index in [2.05, 4.69) is 15.4 Å². The second-order valence-electron chi connectivity index (χ2n) is 4.25. The number of amides is 2. The van der Waals surface area contributed by atoms with Crippen LogP contribution in [0.3, 0.4) is 0 Å². The number of methoxy groups -OCH3 is 1. The first-order chi connectivity index (χ1) is 10.6. The SMILES string of the molecule is COC(=O)c1ccccc1NC(=O)C(=O)NCc1cccs1. The molecule has 2 rings (SSSR count). The van der Waals surface area contributed by atoms with Crippen LogP contribution in [-0.4, -0.2) is 24.9 Å². The van der Waals surface area contributed by atoms with Crippen molar-refractivity contribution in [2.24, 2.45) is 0 Å². The molecule has 0 saturated carbocycles. The molecule has 1 aromatic heterocycles. The predicted octanol–water partition coefficient (Wildman–Crippen LogP) is 1.79. The van der Waals surface area contributed by atoms with Crippen LogP contribution in [0.25, 0.3) is 0 Å². The molecule has 0 aliphatic heterocycles. The average Bonchev–Trinajstić information content (AvgIpc) is 3.05. The Labute approximate surface area is 131 Å². The lowest BCUT2D eigenvalue weighted by Crippen LogP contribution is -2.35. The maximum atomic E-state index is 11.9. The molecule has 2 N–H and O–H groups in total. The lowest BCUT2D eigenvalue weighted by molar-refractivity contribution is -0.136. The Morgan fingerprint density at radius 3 is 2.55 bits per heavy atom. The molecule has 0 atom stereocenters. The molecule has 114 valence electrons. The fourth-order valence-electron chi connectivity index (χ4n) is 1.72. The van der Waals surface area contributed by atoms with E-state index in [-0.39, 0.29) is 17.8 Å². The fourth-order valence-corrected chi connectivity index (χ4v) is 2.36. The van der Waals surface area contributed by atoms with Crippen molar-refractivity contribution < 1.29 is 19.1 Å². The van der Waals surface area contributed by atoms with Gasteiger partial charge in [0.25, 0.3) is 0 Å². The molecule has 2 amide bonds. The Hall–Kier alpha value is -2.67. The van der Waals surface area contributed by atoms with E-state index >= 15 is 0 Å². The number of nitrogens with one attached hydrogen (secondary N) is 2. The van der Waals surface area contributed by atoms with Crippen LogP contribution >= 0.6 is 11.3 Å². The van der Waals surface area contributed by atoms with E-state index in [1.165, 1.54) is 30.6 Å². The predicted molar refractivity (Wildman–Crippen MR) is 82.6 cm³/mol. The van der Waals surface area contributed by atoms with E-state index in [0.29, 0.717) is 0 Å². The molecule has 7 heteroatoms. The van der Waals surface area contributed by atoms with E-state index in [9.17, 15) is 14.4 Å². The minimum absolute atomic E-state index is 0.185. The van der Waals surface area contributed by atoms with Gasteiger partial charge in [-0.25, -0.2) is 4.79 Å². The maximum Gasteiger partial charge on any atom is 0.339 e. The van der Waals surface area contributed by atoms with Gasteiger partial charge in [-0.2, -0.15) is 0 Å². The largest absolute Gasteiger partial charge is 0.465 e. The van der Waals surface area contributed by atoms with Crippen LogP contribution in [0, 0.1) is 0 Å². The molecule has 0 saturated heterocycles. The molecule has 0 aliphatic carbocycles. The minimum Gasteiger partial charge on any atom is -0.465 e. The number of ether oxygens (including phenoxy) is 1. The van der Waals surface area contributed by atoms with Crippen molar-refractivity contribution in [2.75, 3.05) is 12.4 Å². The van der Waals surface area contributed by atoms with Crippen molar-refractivity contribution in [3.05, 3.63) is 52.2 Å². The van der Waals surface area contributed by atoms with E-state index < -0.39 is 17.8 Å². The van der Waals surface area contributed by atoms with Gasteiger partial charge in [-0.15, -0.1) is 11.3 Å². The Morgan fingerprint density at radius 1 is 1.09 bits per heavy atom. The van der Waals surface area contributed by atoms with E-state index in [0.717, 1.165) is 4.88 Å². The normalized spacial score (nSPS) is 9.86. The van der Waals surface area contributed by atoms with Crippen LogP contribution in [0.4, 0.5) is 5.69 Å². The summed E-state index contributed by atoms with van der Waals surface area (Å²) in [6.45, 7) is 0.280. The smallest absolute Gasteiger partial charge is 0.339 e. The quantitative estimate of drug-likeness (QED) is 0.665. The van der Waals surface area contributed by atoms with Crippen molar-refractivity contribution in [1.82, 2.24) is 5.32 Å². The lowest BCUT2D eigenvalue weighted by Gasteiger charge is -2.09. The summed E-state index contributed by atoms with van der Waals surface area (Å²) in [5, 5.41) is 6.80. The zero-order valence-electron chi connectivity index (χ0n) is 11.8. The number of rotatable bonds is 4. The van der Waals surface area contributed by atoms with Gasteiger partial charge in [-0.05, 0) is 23.6 Å². The van der Waals surface area contributed by atoms with Gasteiger partial charge in [0.15, 0.2) is 0 Å². The highest BCUT2D eigenvalue weighted by atomic mass is 32.1. The minimum atomic E-state index is -0.840. The molecule has 0 aliphatic rings. The third-order valence-electron chi connectivity index (χ3n) is 2.79. The van der Waals surface area contributed by atoms with Crippen molar-refractivity contribution in [2.45, 2.75) is 6.54 Å². The monoisotopic (exact) mass is 318 g/mol. The van der Waals surface area contributed by atoms with Crippen LogP contribution in [0.5, 0.6) is 0 Å². The standard InChI is InChI=1S/C15H14N2O4S/c1-21-15(20)11-6-2-3-7-12(11)17-14(19)13(18)16-9-10-5-4-8-22-10/h2-8H,9H2,1H3,(H,16,18)(H,17,19). The van der Waals surface area contributed by atoms with Gasteiger partial charge in [0.05, 0.1) is 24.9 Å². The number of anilines is 1. The summed E-state index contributed by atoms with van der Waals surface area (Å²) >= 11 is 1.48. The number of hydrogen-bond acceptors (Lipinski definition) is 5. The van der Waals surface area contributed by atoms with Gasteiger partial charge in [0, 0.05) is 4.88 Å². The molecular formula is C15H14N2O4S. The average molecular weight is 318 g/mol. The van der Waals surface area contributed by atoms with Crippen LogP contribution in [0.15, 0.2) is 41.8 Å². The Morgan fingerprint density at radius 2 is 1.86 bits per heavy atom. The summed E-state index contributed by atoms with van der Waals surface area (Å²) in [7, 11) is 1.24. The van der Waals surface area contributed by atoms with Crippen LogP contribution < -0.4 is 10.6 Å². The molecule has 0 fully saturated rings. The van der Waals surface area contributed by atoms with Crippen molar-refractivity contribution in [3.63, 3.8) is 0 Å². The number of benzene rings is 1. The summed E-state index contributed by atoms with van der Waals surface area (Å²) in [6, 6.07) is 10.0. The number of esters is 1. The molecule has 6 nitrogen and oxygen atoms in total. The van der Waals surface area contributed by atoms with E-state index in [1.54, 1.807) is 12.1 Å². The van der Waals surface area contributed by atoms with Crippen molar-refractivity contribution in [3.8, 4) is 0 Å². The number of thiophene rings is 1. The molecule has 0 unspecified atom stereocenters. The highest BCUT2D eigenvalue weighted by Crippen LogP contribution is 2.15. The molecule has 0 spiro atoms. The molecule has 22 heavy (non-hydrogen) atoms. The summed E-state index contributed by atoms with van der Waals surface area (Å²) < 4.78 is 4.63. The zero-order chi connectivity index (χ0) is 15.9. The number of carbonyl (C=O) groups is 3. The van der Waals surface area contributed by atoms with Gasteiger partial charge in [0.2, 0.25) is 0 Å². The zero-order valence-corrected chi connectivity index (χ0v) is 12.6. The summed E-state index contributed by atoms with van der Waals surface area (Å²) in [5.41, 5.74) is 0.412. The van der Waals surface area contributed by atoms with E-state index in [1.807, 2.05) is 17.5 Å². The van der Waals surface area contributed by atoms with Crippen LogP contribution in [0.2, 0.25) is 0 Å². The van der Waals surface area contributed by atoms with Gasteiger partial charge in [0.1, 0.15) is 0 Å². The summed E-state index contributed by atoms with van der Waals surface area (Å²) in [5.74, 6) is -2.20. The first kappa shape index (κ1) is 15.7. The number of para-hydroxylation sites is 1. The maximum absolute atomic E-state index is 11.9. The number of hydrogen-bond donors (Lipinski definition) is 2. The fraction of sp³-hybridized carbons (Fsp3) is 0.133. The van der Waals surface area contributed by atoms with Gasteiger partial charge in [-0.3, -0.25) is 9.59 Å². The molecule has 1 aromatic carbocycles. The molecule has 1 heterocycles. The molecule has 2 aromatic rings. The van der Waals surface area contributed by atoms with Crippen molar-refractivity contribution >= 4 is 34.8 Å². The summed E-state index contributed by atoms with van der Waals surface area (Å²) in [6.07, 6.45) is 0. The Balaban J connectivity index is 1.99. The Kier molecular flexibility index (Phi) is 5.26. The first-order valence-corrected chi connectivity index (χ1v) is 7.28. The molecular weight excluding hydrogens is 304 g/mol. The third kappa shape index (κ3) is 3.92. The second kappa shape index (κ2) is 7.37. The van der Waals surface area contributed by atoms with Gasteiger partial charge in [-0.1, -0.05) is 18.2 Å². The van der Waals surface area contributed by atoms with E-state index in [4.69, 9.17) is 0 Å². The topological polar surface area (TPSA) is 84.5 Å². The van der Waals surface area contributed by atoms with Gasteiger partial charge >= 0.3 is 17.8 Å². The van der Waals surface area contributed by atoms with Gasteiger partial charge < -0.3 is 15.4 Å². The second-order valence-corrected chi connectivity index (χ2v) is 5.29.